The Hall–Kier alpha value is -3.15. The molecule has 0 N–H and O–H groups in total. The third-order valence-electron chi connectivity index (χ3n) is 5.09. The Labute approximate surface area is 157 Å². The van der Waals surface area contributed by atoms with Crippen LogP contribution in [-0.2, 0) is 26.1 Å². The first-order valence-electron chi connectivity index (χ1n) is 9.23. The van der Waals surface area contributed by atoms with Crippen LogP contribution < -0.4 is 5.56 Å². The number of pyridine rings is 1. The number of nitrogens with zero attached hydrogens (tertiary/aromatic N) is 4. The summed E-state index contributed by atoms with van der Waals surface area (Å²) in [6, 6.07) is 13.5. The number of hydrogen-bond acceptors (Lipinski definition) is 3. The second-order valence-corrected chi connectivity index (χ2v) is 6.71. The van der Waals surface area contributed by atoms with Gasteiger partial charge in [0.15, 0.2) is 0 Å². The zero-order valence-corrected chi connectivity index (χ0v) is 15.3. The van der Waals surface area contributed by atoms with Crippen molar-refractivity contribution in [3.05, 3.63) is 87.6 Å². The Balaban J connectivity index is 1.66. The Morgan fingerprint density at radius 2 is 1.93 bits per heavy atom. The zero-order valence-electron chi connectivity index (χ0n) is 15.3. The van der Waals surface area contributed by atoms with E-state index in [0.717, 1.165) is 16.8 Å². The van der Waals surface area contributed by atoms with Crippen LogP contribution in [-0.4, -0.2) is 31.7 Å². The van der Waals surface area contributed by atoms with E-state index in [9.17, 15) is 9.59 Å². The predicted octanol–water partition coefficient (Wildman–Crippen LogP) is 2.31. The highest BCUT2D eigenvalue weighted by atomic mass is 16.2. The number of amides is 1. The lowest BCUT2D eigenvalue weighted by Gasteiger charge is -2.27. The highest BCUT2D eigenvalue weighted by Gasteiger charge is 2.28. The van der Waals surface area contributed by atoms with Crippen molar-refractivity contribution in [2.75, 3.05) is 6.54 Å². The van der Waals surface area contributed by atoms with Gasteiger partial charge in [0.05, 0.1) is 24.3 Å². The number of rotatable bonds is 4. The fourth-order valence-corrected chi connectivity index (χ4v) is 3.75. The van der Waals surface area contributed by atoms with E-state index >= 15 is 0 Å². The molecular formula is C21H22N4O2. The highest BCUT2D eigenvalue weighted by molar-refractivity contribution is 5.93. The molecule has 1 aromatic carbocycles. The van der Waals surface area contributed by atoms with Crippen LogP contribution in [0.3, 0.4) is 0 Å². The van der Waals surface area contributed by atoms with Gasteiger partial charge in [0.1, 0.15) is 0 Å². The molecule has 3 heterocycles. The first-order valence-corrected chi connectivity index (χ1v) is 9.23. The molecule has 0 aliphatic carbocycles. The van der Waals surface area contributed by atoms with Gasteiger partial charge in [-0.3, -0.25) is 19.3 Å². The van der Waals surface area contributed by atoms with Crippen LogP contribution in [0.2, 0.25) is 0 Å². The molecule has 6 nitrogen and oxygen atoms in total. The van der Waals surface area contributed by atoms with Crippen LogP contribution in [0.4, 0.5) is 0 Å². The standard InChI is InChI=1S/C21H22N4O2/c1-2-24-19-15-23(20(26)17-9-6-11-22-13-17)12-10-18(19)21(27)25(24)14-16-7-4-3-5-8-16/h3-9,11,13H,2,10,12,14-15H2,1H3. The van der Waals surface area contributed by atoms with E-state index in [2.05, 4.69) is 4.98 Å². The summed E-state index contributed by atoms with van der Waals surface area (Å²) < 4.78 is 3.82. The van der Waals surface area contributed by atoms with Crippen molar-refractivity contribution >= 4 is 5.91 Å². The molecule has 0 saturated carbocycles. The van der Waals surface area contributed by atoms with Crippen molar-refractivity contribution in [2.24, 2.45) is 0 Å². The molecule has 0 unspecified atom stereocenters. The second kappa shape index (κ2) is 7.23. The average Bonchev–Trinajstić information content (AvgIpc) is 2.99. The van der Waals surface area contributed by atoms with Crippen molar-refractivity contribution in [3.8, 4) is 0 Å². The van der Waals surface area contributed by atoms with Gasteiger partial charge in [0.2, 0.25) is 0 Å². The number of hydrogen-bond donors (Lipinski definition) is 0. The predicted molar refractivity (Wildman–Crippen MR) is 103 cm³/mol. The summed E-state index contributed by atoms with van der Waals surface area (Å²) in [5, 5.41) is 0. The van der Waals surface area contributed by atoms with E-state index in [4.69, 9.17) is 0 Å². The van der Waals surface area contributed by atoms with Crippen LogP contribution in [0.25, 0.3) is 0 Å². The lowest BCUT2D eigenvalue weighted by Crippen LogP contribution is -2.37. The van der Waals surface area contributed by atoms with Crippen molar-refractivity contribution in [2.45, 2.75) is 33.0 Å². The molecule has 1 amide bonds. The van der Waals surface area contributed by atoms with Gasteiger partial charge in [-0.25, -0.2) is 4.68 Å². The molecule has 27 heavy (non-hydrogen) atoms. The second-order valence-electron chi connectivity index (χ2n) is 6.71. The van der Waals surface area contributed by atoms with Gasteiger partial charge >= 0.3 is 0 Å². The minimum Gasteiger partial charge on any atom is -0.332 e. The molecule has 0 spiro atoms. The summed E-state index contributed by atoms with van der Waals surface area (Å²) in [7, 11) is 0. The lowest BCUT2D eigenvalue weighted by molar-refractivity contribution is 0.0728. The Morgan fingerprint density at radius 3 is 2.63 bits per heavy atom. The third kappa shape index (κ3) is 3.18. The van der Waals surface area contributed by atoms with Gasteiger partial charge in [-0.1, -0.05) is 30.3 Å². The highest BCUT2D eigenvalue weighted by Crippen LogP contribution is 2.20. The first kappa shape index (κ1) is 17.3. The van der Waals surface area contributed by atoms with E-state index in [1.807, 2.05) is 41.9 Å². The third-order valence-corrected chi connectivity index (χ3v) is 5.09. The summed E-state index contributed by atoms with van der Waals surface area (Å²) in [5.41, 5.74) is 3.51. The fourth-order valence-electron chi connectivity index (χ4n) is 3.75. The molecule has 3 aromatic rings. The summed E-state index contributed by atoms with van der Waals surface area (Å²) in [6.07, 6.45) is 3.83. The average molecular weight is 362 g/mol. The van der Waals surface area contributed by atoms with Gasteiger partial charge in [-0.2, -0.15) is 0 Å². The van der Waals surface area contributed by atoms with Crippen molar-refractivity contribution in [1.82, 2.24) is 19.2 Å². The molecule has 138 valence electrons. The molecule has 0 saturated heterocycles. The van der Waals surface area contributed by atoms with Gasteiger partial charge in [-0.05, 0) is 31.0 Å². The number of fused-ring (bicyclic) bond motifs is 1. The lowest BCUT2D eigenvalue weighted by atomic mass is 10.1. The Morgan fingerprint density at radius 1 is 1.11 bits per heavy atom. The number of carbonyl (C=O) groups excluding carboxylic acids is 1. The minimum absolute atomic E-state index is 0.0420. The quantitative estimate of drug-likeness (QED) is 0.716. The fraction of sp³-hybridized carbons (Fsp3) is 0.286. The summed E-state index contributed by atoms with van der Waals surface area (Å²) in [6.45, 7) is 4.26. The smallest absolute Gasteiger partial charge is 0.270 e. The van der Waals surface area contributed by atoms with E-state index in [0.29, 0.717) is 38.2 Å². The van der Waals surface area contributed by atoms with Gasteiger partial charge in [0, 0.05) is 31.0 Å². The SMILES string of the molecule is CCn1c2c(c(=O)n1Cc1ccccc1)CCN(C(=O)c1cccnc1)C2. The van der Waals surface area contributed by atoms with Crippen LogP contribution in [0.15, 0.2) is 59.7 Å². The van der Waals surface area contributed by atoms with Crippen molar-refractivity contribution in [1.29, 1.82) is 0 Å². The monoisotopic (exact) mass is 362 g/mol. The maximum absolute atomic E-state index is 13.0. The maximum Gasteiger partial charge on any atom is 0.270 e. The molecular weight excluding hydrogens is 340 g/mol. The van der Waals surface area contributed by atoms with Crippen molar-refractivity contribution in [3.63, 3.8) is 0 Å². The van der Waals surface area contributed by atoms with E-state index in [1.54, 1.807) is 34.1 Å². The van der Waals surface area contributed by atoms with Gasteiger partial charge in [0.25, 0.3) is 11.5 Å². The molecule has 1 aliphatic rings. The topological polar surface area (TPSA) is 60.1 Å². The Bertz CT molecular complexity index is 1010. The van der Waals surface area contributed by atoms with Crippen LogP contribution in [0, 0.1) is 0 Å². The largest absolute Gasteiger partial charge is 0.332 e. The number of benzene rings is 1. The molecule has 2 aromatic heterocycles. The zero-order chi connectivity index (χ0) is 18.8. The summed E-state index contributed by atoms with van der Waals surface area (Å²) in [5.74, 6) is -0.0420. The molecule has 4 rings (SSSR count). The van der Waals surface area contributed by atoms with E-state index in [1.165, 1.54) is 0 Å². The molecule has 0 radical (unpaired) electrons. The van der Waals surface area contributed by atoms with Crippen LogP contribution in [0.5, 0.6) is 0 Å². The van der Waals surface area contributed by atoms with Crippen LogP contribution >= 0.6 is 0 Å². The molecule has 0 bridgehead atoms. The first-order chi connectivity index (χ1) is 13.2. The molecule has 6 heteroatoms. The van der Waals surface area contributed by atoms with Gasteiger partial charge < -0.3 is 4.90 Å². The molecule has 0 atom stereocenters. The minimum atomic E-state index is -0.0420. The normalized spacial score (nSPS) is 13.4. The molecule has 0 fully saturated rings. The van der Waals surface area contributed by atoms with Crippen molar-refractivity contribution < 1.29 is 4.79 Å². The number of aromatic nitrogens is 3. The number of carbonyl (C=O) groups is 1. The van der Waals surface area contributed by atoms with Crippen LogP contribution in [0.1, 0.15) is 34.1 Å². The molecule has 1 aliphatic heterocycles. The summed E-state index contributed by atoms with van der Waals surface area (Å²) >= 11 is 0. The Kier molecular flexibility index (Phi) is 4.62. The summed E-state index contributed by atoms with van der Waals surface area (Å²) in [4.78, 5) is 31.6. The van der Waals surface area contributed by atoms with E-state index < -0.39 is 0 Å². The van der Waals surface area contributed by atoms with Gasteiger partial charge in [-0.15, -0.1) is 0 Å². The maximum atomic E-state index is 13.0. The van der Waals surface area contributed by atoms with E-state index in [-0.39, 0.29) is 11.5 Å².